The van der Waals surface area contributed by atoms with Crippen molar-refractivity contribution >= 4 is 0 Å². The summed E-state index contributed by atoms with van der Waals surface area (Å²) in [5.41, 5.74) is 2.37. The van der Waals surface area contributed by atoms with Gasteiger partial charge in [0.1, 0.15) is 0 Å². The quantitative estimate of drug-likeness (QED) is 0.772. The van der Waals surface area contributed by atoms with Crippen molar-refractivity contribution in [3.63, 3.8) is 0 Å². The van der Waals surface area contributed by atoms with E-state index in [0.29, 0.717) is 5.92 Å². The normalized spacial score (nSPS) is 15.1. The van der Waals surface area contributed by atoms with E-state index in [0.717, 1.165) is 5.56 Å². The van der Waals surface area contributed by atoms with E-state index < -0.39 is 0 Å². The van der Waals surface area contributed by atoms with E-state index in [-0.39, 0.29) is 6.10 Å². The second kappa shape index (κ2) is 5.16. The highest BCUT2D eigenvalue weighted by Gasteiger charge is 2.05. The highest BCUT2D eigenvalue weighted by atomic mass is 16.3. The minimum Gasteiger partial charge on any atom is -0.389 e. The highest BCUT2D eigenvalue weighted by Crippen LogP contribution is 2.22. The summed E-state index contributed by atoms with van der Waals surface area (Å²) in [7, 11) is 0. The van der Waals surface area contributed by atoms with Crippen LogP contribution in [-0.2, 0) is 0 Å². The van der Waals surface area contributed by atoms with Gasteiger partial charge in [0.25, 0.3) is 0 Å². The Hall–Kier alpha value is -0.820. The molecular formula is C13H20O. The second-order valence-electron chi connectivity index (χ2n) is 4.03. The van der Waals surface area contributed by atoms with Crippen molar-refractivity contribution in [3.8, 4) is 0 Å². The Morgan fingerprint density at radius 2 is 1.57 bits per heavy atom. The Bertz CT molecular complexity index is 261. The fourth-order valence-electron chi connectivity index (χ4n) is 1.70. The summed E-state index contributed by atoms with van der Waals surface area (Å²) >= 11 is 0. The fourth-order valence-corrected chi connectivity index (χ4v) is 1.70. The lowest BCUT2D eigenvalue weighted by Gasteiger charge is -2.12. The van der Waals surface area contributed by atoms with E-state index in [1.807, 2.05) is 12.1 Å². The van der Waals surface area contributed by atoms with Gasteiger partial charge in [0.15, 0.2) is 0 Å². The average Bonchev–Trinajstić information content (AvgIpc) is 2.18. The summed E-state index contributed by atoms with van der Waals surface area (Å²) in [5, 5.41) is 9.36. The predicted octanol–water partition coefficient (Wildman–Crippen LogP) is 3.64. The fraction of sp³-hybridized carbons (Fsp3) is 0.538. The summed E-state index contributed by atoms with van der Waals surface area (Å²) in [4.78, 5) is 0. The summed E-state index contributed by atoms with van der Waals surface area (Å²) < 4.78 is 0. The van der Waals surface area contributed by atoms with Crippen molar-refractivity contribution in [3.05, 3.63) is 35.4 Å². The summed E-state index contributed by atoms with van der Waals surface area (Å²) in [6.07, 6.45) is 2.10. The topological polar surface area (TPSA) is 20.2 Å². The first kappa shape index (κ1) is 11.3. The van der Waals surface area contributed by atoms with Gasteiger partial charge < -0.3 is 5.11 Å². The van der Waals surface area contributed by atoms with Crippen LogP contribution >= 0.6 is 0 Å². The van der Waals surface area contributed by atoms with Crippen molar-refractivity contribution in [1.29, 1.82) is 0 Å². The third-order valence-electron chi connectivity index (χ3n) is 2.71. The van der Waals surface area contributed by atoms with Crippen LogP contribution < -0.4 is 0 Å². The maximum absolute atomic E-state index is 9.36. The van der Waals surface area contributed by atoms with Crippen LogP contribution in [0, 0.1) is 0 Å². The molecule has 0 aliphatic heterocycles. The molecule has 2 atom stereocenters. The molecule has 1 aromatic rings. The maximum atomic E-state index is 9.36. The predicted molar refractivity (Wildman–Crippen MR) is 60.4 cm³/mol. The zero-order chi connectivity index (χ0) is 10.6. The molecule has 14 heavy (non-hydrogen) atoms. The van der Waals surface area contributed by atoms with Crippen molar-refractivity contribution in [1.82, 2.24) is 0 Å². The molecule has 0 spiro atoms. The molecule has 0 saturated heterocycles. The lowest BCUT2D eigenvalue weighted by molar-refractivity contribution is 0.199. The van der Waals surface area contributed by atoms with Crippen LogP contribution in [0.2, 0.25) is 0 Å². The number of hydrogen-bond donors (Lipinski definition) is 1. The average molecular weight is 192 g/mol. The van der Waals surface area contributed by atoms with E-state index in [1.54, 1.807) is 6.92 Å². The van der Waals surface area contributed by atoms with Gasteiger partial charge in [-0.1, -0.05) is 44.5 Å². The molecule has 0 fully saturated rings. The van der Waals surface area contributed by atoms with Crippen LogP contribution in [0.15, 0.2) is 24.3 Å². The molecule has 0 aromatic heterocycles. The molecule has 78 valence electrons. The molecule has 1 rings (SSSR count). The Balaban J connectivity index is 2.72. The van der Waals surface area contributed by atoms with Crippen LogP contribution in [0.4, 0.5) is 0 Å². The second-order valence-corrected chi connectivity index (χ2v) is 4.03. The third-order valence-corrected chi connectivity index (χ3v) is 2.71. The van der Waals surface area contributed by atoms with Gasteiger partial charge in [0, 0.05) is 0 Å². The van der Waals surface area contributed by atoms with E-state index >= 15 is 0 Å². The molecule has 0 aliphatic rings. The van der Waals surface area contributed by atoms with Gasteiger partial charge in [-0.25, -0.2) is 0 Å². The van der Waals surface area contributed by atoms with Gasteiger partial charge in [-0.05, 0) is 30.4 Å². The van der Waals surface area contributed by atoms with E-state index in [4.69, 9.17) is 0 Å². The zero-order valence-corrected chi connectivity index (χ0v) is 9.33. The van der Waals surface area contributed by atoms with Crippen molar-refractivity contribution in [2.45, 2.75) is 45.6 Å². The Morgan fingerprint density at radius 1 is 1.07 bits per heavy atom. The molecule has 0 amide bonds. The van der Waals surface area contributed by atoms with Crippen molar-refractivity contribution < 1.29 is 5.11 Å². The molecule has 0 radical (unpaired) electrons. The smallest absolute Gasteiger partial charge is 0.0761 e. The molecule has 0 bridgehead atoms. The third kappa shape index (κ3) is 2.85. The molecule has 1 heteroatoms. The number of aliphatic hydroxyl groups excluding tert-OH is 1. The molecule has 1 N–H and O–H groups in total. The van der Waals surface area contributed by atoms with Gasteiger partial charge in [0.05, 0.1) is 6.10 Å². The minimum atomic E-state index is -0.356. The first-order chi connectivity index (χ1) is 6.65. The summed E-state index contributed by atoms with van der Waals surface area (Å²) in [6.45, 7) is 6.26. The first-order valence-corrected chi connectivity index (χ1v) is 5.43. The Kier molecular flexibility index (Phi) is 4.15. The monoisotopic (exact) mass is 192 g/mol. The lowest BCUT2D eigenvalue weighted by Crippen LogP contribution is -1.95. The summed E-state index contributed by atoms with van der Waals surface area (Å²) in [5.74, 6) is 0.628. The van der Waals surface area contributed by atoms with Crippen molar-refractivity contribution in [2.24, 2.45) is 0 Å². The van der Waals surface area contributed by atoms with E-state index in [2.05, 4.69) is 26.0 Å². The van der Waals surface area contributed by atoms with Gasteiger partial charge in [-0.15, -0.1) is 0 Å². The zero-order valence-electron chi connectivity index (χ0n) is 9.33. The number of hydrogen-bond acceptors (Lipinski definition) is 1. The van der Waals surface area contributed by atoms with Crippen LogP contribution in [0.5, 0.6) is 0 Å². The number of rotatable bonds is 4. The lowest BCUT2D eigenvalue weighted by atomic mass is 9.95. The Morgan fingerprint density at radius 3 is 2.00 bits per heavy atom. The van der Waals surface area contributed by atoms with Gasteiger partial charge in [-0.2, -0.15) is 0 Å². The Labute approximate surface area is 86.8 Å². The molecule has 0 aliphatic carbocycles. The highest BCUT2D eigenvalue weighted by molar-refractivity contribution is 5.26. The van der Waals surface area contributed by atoms with Crippen LogP contribution in [0.3, 0.4) is 0 Å². The summed E-state index contributed by atoms with van der Waals surface area (Å²) in [6, 6.07) is 8.29. The van der Waals surface area contributed by atoms with Gasteiger partial charge >= 0.3 is 0 Å². The molecule has 1 nitrogen and oxygen atoms in total. The van der Waals surface area contributed by atoms with Gasteiger partial charge in [-0.3, -0.25) is 0 Å². The molecular weight excluding hydrogens is 172 g/mol. The van der Waals surface area contributed by atoms with E-state index in [9.17, 15) is 5.11 Å². The van der Waals surface area contributed by atoms with Crippen LogP contribution in [-0.4, -0.2) is 5.11 Å². The molecule has 0 saturated carbocycles. The molecule has 0 heterocycles. The first-order valence-electron chi connectivity index (χ1n) is 5.43. The van der Waals surface area contributed by atoms with Crippen molar-refractivity contribution in [2.75, 3.05) is 0 Å². The van der Waals surface area contributed by atoms with Crippen LogP contribution in [0.25, 0.3) is 0 Å². The SMILES string of the molecule is CCCC(C)c1ccc(C(C)O)cc1. The number of aliphatic hydroxyl groups is 1. The van der Waals surface area contributed by atoms with Gasteiger partial charge in [0.2, 0.25) is 0 Å². The molecule has 2 unspecified atom stereocenters. The minimum absolute atomic E-state index is 0.356. The maximum Gasteiger partial charge on any atom is 0.0761 e. The largest absolute Gasteiger partial charge is 0.389 e. The van der Waals surface area contributed by atoms with E-state index in [1.165, 1.54) is 18.4 Å². The number of benzene rings is 1. The molecule has 1 aromatic carbocycles. The standard InChI is InChI=1S/C13H20O/c1-4-5-10(2)12-6-8-13(9-7-12)11(3)14/h6-11,14H,4-5H2,1-3H3. The van der Waals surface area contributed by atoms with Crippen LogP contribution in [0.1, 0.15) is 56.8 Å².